The van der Waals surface area contributed by atoms with Gasteiger partial charge in [0.1, 0.15) is 0 Å². The average Bonchev–Trinajstić information content (AvgIpc) is 3.24. The molecule has 0 radical (unpaired) electrons. The number of nitrogens with zero attached hydrogens (tertiary/aromatic N) is 3. The van der Waals surface area contributed by atoms with E-state index in [9.17, 15) is 4.79 Å². The van der Waals surface area contributed by atoms with Crippen LogP contribution in [-0.2, 0) is 11.3 Å². The van der Waals surface area contributed by atoms with Crippen LogP contribution in [0.25, 0.3) is 11.3 Å². The largest absolute Gasteiger partial charge is 0.378 e. The summed E-state index contributed by atoms with van der Waals surface area (Å²) in [6, 6.07) is 13.5. The molecule has 7 nitrogen and oxygen atoms in total. The van der Waals surface area contributed by atoms with E-state index in [0.29, 0.717) is 12.3 Å². The van der Waals surface area contributed by atoms with Gasteiger partial charge in [-0.2, -0.15) is 0 Å². The lowest BCUT2D eigenvalue weighted by Crippen LogP contribution is -2.36. The Hall–Kier alpha value is -3.19. The highest BCUT2D eigenvalue weighted by molar-refractivity contribution is 5.93. The molecular formula is C20H20N4O3. The fourth-order valence-electron chi connectivity index (χ4n) is 2.95. The lowest BCUT2D eigenvalue weighted by molar-refractivity contribution is 0.0942. The fraction of sp³-hybridized carbons (Fsp3) is 0.250. The zero-order valence-electron chi connectivity index (χ0n) is 14.8. The SMILES string of the molecule is O=C(NCc1ccc(N2CCOCC2)cc1)c1cc(-c2cccnc2)on1. The molecule has 3 heterocycles. The molecule has 0 atom stereocenters. The quantitative estimate of drug-likeness (QED) is 0.749. The van der Waals surface area contributed by atoms with Crippen LogP contribution in [0.4, 0.5) is 5.69 Å². The van der Waals surface area contributed by atoms with Crippen molar-refractivity contribution < 1.29 is 14.1 Å². The van der Waals surface area contributed by atoms with E-state index < -0.39 is 0 Å². The summed E-state index contributed by atoms with van der Waals surface area (Å²) >= 11 is 0. The highest BCUT2D eigenvalue weighted by Crippen LogP contribution is 2.19. The Morgan fingerprint density at radius 1 is 1.15 bits per heavy atom. The Bertz CT molecular complexity index is 887. The maximum atomic E-state index is 12.3. The molecule has 0 aliphatic carbocycles. The Balaban J connectivity index is 1.34. The van der Waals surface area contributed by atoms with Crippen molar-refractivity contribution in [2.45, 2.75) is 6.54 Å². The second-order valence-corrected chi connectivity index (χ2v) is 6.27. The third-order valence-electron chi connectivity index (χ3n) is 4.45. The van der Waals surface area contributed by atoms with Crippen LogP contribution in [0.15, 0.2) is 59.4 Å². The van der Waals surface area contributed by atoms with Crippen molar-refractivity contribution in [1.82, 2.24) is 15.5 Å². The minimum absolute atomic E-state index is 0.249. The van der Waals surface area contributed by atoms with Crippen LogP contribution < -0.4 is 10.2 Å². The molecule has 2 aromatic heterocycles. The number of anilines is 1. The summed E-state index contributed by atoms with van der Waals surface area (Å²) < 4.78 is 10.6. The highest BCUT2D eigenvalue weighted by atomic mass is 16.5. The van der Waals surface area contributed by atoms with Crippen LogP contribution in [0.3, 0.4) is 0 Å². The van der Waals surface area contributed by atoms with Crippen LogP contribution in [0.5, 0.6) is 0 Å². The molecule has 1 saturated heterocycles. The molecule has 4 rings (SSSR count). The first-order valence-corrected chi connectivity index (χ1v) is 8.86. The van der Waals surface area contributed by atoms with Gasteiger partial charge >= 0.3 is 0 Å². The van der Waals surface area contributed by atoms with Crippen LogP contribution in [0, 0.1) is 0 Å². The number of hydrogen-bond donors (Lipinski definition) is 1. The highest BCUT2D eigenvalue weighted by Gasteiger charge is 2.14. The van der Waals surface area contributed by atoms with E-state index in [1.165, 1.54) is 5.69 Å². The number of aromatic nitrogens is 2. The summed E-state index contributed by atoms with van der Waals surface area (Å²) in [6.45, 7) is 3.76. The van der Waals surface area contributed by atoms with Crippen molar-refractivity contribution >= 4 is 11.6 Å². The number of carbonyl (C=O) groups is 1. The van der Waals surface area contributed by atoms with Gasteiger partial charge < -0.3 is 19.5 Å². The van der Waals surface area contributed by atoms with Crippen molar-refractivity contribution in [3.63, 3.8) is 0 Å². The van der Waals surface area contributed by atoms with Gasteiger partial charge in [0.05, 0.1) is 13.2 Å². The Kier molecular flexibility index (Phi) is 5.11. The number of amides is 1. The molecule has 138 valence electrons. The number of rotatable bonds is 5. The Morgan fingerprint density at radius 2 is 1.96 bits per heavy atom. The standard InChI is InChI=1S/C20H20N4O3/c25-20(18-12-19(27-23-18)16-2-1-7-21-14-16)22-13-15-3-5-17(6-4-15)24-8-10-26-11-9-24/h1-7,12,14H,8-11,13H2,(H,22,25). The molecule has 0 spiro atoms. The van der Waals surface area contributed by atoms with Crippen molar-refractivity contribution in [3.05, 3.63) is 66.1 Å². The minimum atomic E-state index is -0.272. The molecule has 27 heavy (non-hydrogen) atoms. The third kappa shape index (κ3) is 4.15. The monoisotopic (exact) mass is 364 g/mol. The molecule has 0 unspecified atom stereocenters. The minimum Gasteiger partial charge on any atom is -0.378 e. The smallest absolute Gasteiger partial charge is 0.273 e. The van der Waals surface area contributed by atoms with Crippen LogP contribution >= 0.6 is 0 Å². The van der Waals surface area contributed by atoms with Crippen molar-refractivity contribution in [1.29, 1.82) is 0 Å². The van der Waals surface area contributed by atoms with Gasteiger partial charge in [-0.15, -0.1) is 0 Å². The number of nitrogens with one attached hydrogen (secondary N) is 1. The Labute approximate surface area is 156 Å². The normalized spacial score (nSPS) is 14.1. The van der Waals surface area contributed by atoms with Gasteiger partial charge in [-0.3, -0.25) is 9.78 Å². The predicted octanol–water partition coefficient (Wildman–Crippen LogP) is 2.50. The third-order valence-corrected chi connectivity index (χ3v) is 4.45. The van der Waals surface area contributed by atoms with E-state index in [2.05, 4.69) is 32.5 Å². The molecule has 1 aromatic carbocycles. The van der Waals surface area contributed by atoms with Crippen molar-refractivity contribution in [2.24, 2.45) is 0 Å². The van der Waals surface area contributed by atoms with Gasteiger partial charge in [0.15, 0.2) is 11.5 Å². The van der Waals surface area contributed by atoms with Gasteiger partial charge in [-0.1, -0.05) is 17.3 Å². The average molecular weight is 364 g/mol. The number of hydrogen-bond acceptors (Lipinski definition) is 6. The van der Waals surface area contributed by atoms with E-state index in [1.54, 1.807) is 24.5 Å². The topological polar surface area (TPSA) is 80.5 Å². The first-order chi connectivity index (χ1) is 13.3. The summed E-state index contributed by atoms with van der Waals surface area (Å²) in [7, 11) is 0. The second-order valence-electron chi connectivity index (χ2n) is 6.27. The van der Waals surface area contributed by atoms with Gasteiger partial charge in [0.25, 0.3) is 5.91 Å². The van der Waals surface area contributed by atoms with E-state index in [1.807, 2.05) is 18.2 Å². The van der Waals surface area contributed by atoms with Gasteiger partial charge in [0, 0.05) is 49.3 Å². The zero-order chi connectivity index (χ0) is 18.5. The molecule has 1 N–H and O–H groups in total. The lowest BCUT2D eigenvalue weighted by Gasteiger charge is -2.28. The maximum absolute atomic E-state index is 12.3. The van der Waals surface area contributed by atoms with Crippen LogP contribution in [0.1, 0.15) is 16.1 Å². The lowest BCUT2D eigenvalue weighted by atomic mass is 10.2. The molecule has 1 fully saturated rings. The molecule has 1 amide bonds. The summed E-state index contributed by atoms with van der Waals surface area (Å²) in [4.78, 5) is 18.6. The van der Waals surface area contributed by atoms with E-state index >= 15 is 0 Å². The van der Waals surface area contributed by atoms with Gasteiger partial charge in [-0.05, 0) is 29.8 Å². The van der Waals surface area contributed by atoms with E-state index in [0.717, 1.165) is 37.4 Å². The molecule has 1 aliphatic heterocycles. The molecule has 3 aromatic rings. The van der Waals surface area contributed by atoms with Gasteiger partial charge in [0.2, 0.25) is 0 Å². The summed E-state index contributed by atoms with van der Waals surface area (Å²) in [6.07, 6.45) is 3.34. The van der Waals surface area contributed by atoms with E-state index in [4.69, 9.17) is 9.26 Å². The van der Waals surface area contributed by atoms with E-state index in [-0.39, 0.29) is 11.6 Å². The summed E-state index contributed by atoms with van der Waals surface area (Å²) in [5.41, 5.74) is 3.23. The summed E-state index contributed by atoms with van der Waals surface area (Å²) in [5, 5.41) is 6.72. The maximum Gasteiger partial charge on any atom is 0.273 e. The van der Waals surface area contributed by atoms with Crippen LogP contribution in [-0.4, -0.2) is 42.4 Å². The molecule has 7 heteroatoms. The molecule has 0 saturated carbocycles. The number of pyridine rings is 1. The summed E-state index contributed by atoms with van der Waals surface area (Å²) in [5.74, 6) is 0.245. The fourth-order valence-corrected chi connectivity index (χ4v) is 2.95. The van der Waals surface area contributed by atoms with Crippen LogP contribution in [0.2, 0.25) is 0 Å². The first-order valence-electron chi connectivity index (χ1n) is 8.86. The second kappa shape index (κ2) is 8.01. The molecular weight excluding hydrogens is 344 g/mol. The Morgan fingerprint density at radius 3 is 2.70 bits per heavy atom. The number of carbonyl (C=O) groups excluding carboxylic acids is 1. The molecule has 0 bridgehead atoms. The predicted molar refractivity (Wildman–Crippen MR) is 100 cm³/mol. The number of ether oxygens (including phenoxy) is 1. The number of morpholine rings is 1. The van der Waals surface area contributed by atoms with Crippen molar-refractivity contribution in [2.75, 3.05) is 31.2 Å². The first kappa shape index (κ1) is 17.2. The molecule has 1 aliphatic rings. The number of benzene rings is 1. The van der Waals surface area contributed by atoms with Gasteiger partial charge in [-0.25, -0.2) is 0 Å². The zero-order valence-corrected chi connectivity index (χ0v) is 14.8. The van der Waals surface area contributed by atoms with Crippen molar-refractivity contribution in [3.8, 4) is 11.3 Å².